The van der Waals surface area contributed by atoms with E-state index in [1.807, 2.05) is 19.1 Å². The Bertz CT molecular complexity index is 1500. The Balaban J connectivity index is 2.26. The van der Waals surface area contributed by atoms with Gasteiger partial charge in [0.15, 0.2) is 5.75 Å². The molecule has 0 saturated carbocycles. The highest BCUT2D eigenvalue weighted by Gasteiger charge is 2.35. The lowest BCUT2D eigenvalue weighted by molar-refractivity contribution is -0.517. The highest BCUT2D eigenvalue weighted by Crippen LogP contribution is 2.49. The summed E-state index contributed by atoms with van der Waals surface area (Å²) in [5.41, 5.74) is 0.213. The average molecular weight is 498 g/mol. The van der Waals surface area contributed by atoms with E-state index in [1.165, 1.54) is 6.07 Å². The summed E-state index contributed by atoms with van der Waals surface area (Å²) in [5.74, 6) is 0.403. The maximum absolute atomic E-state index is 12.5. The van der Waals surface area contributed by atoms with Gasteiger partial charge in [0.05, 0.1) is 18.8 Å². The maximum Gasteiger partial charge on any atom is 0.446 e. The Morgan fingerprint density at radius 2 is 1.43 bits per heavy atom. The van der Waals surface area contributed by atoms with E-state index in [4.69, 9.17) is 13.7 Å². The van der Waals surface area contributed by atoms with E-state index in [9.17, 15) is 23.1 Å². The van der Waals surface area contributed by atoms with Crippen molar-refractivity contribution >= 4 is 31.9 Å². The minimum absolute atomic E-state index is 0.0773. The van der Waals surface area contributed by atoms with Gasteiger partial charge in [-0.1, -0.05) is 54.6 Å². The minimum Gasteiger partial charge on any atom is -0.493 e. The summed E-state index contributed by atoms with van der Waals surface area (Å²) in [4.78, 5) is 11.9. The van der Waals surface area contributed by atoms with Gasteiger partial charge in [0, 0.05) is 32.0 Å². The van der Waals surface area contributed by atoms with Crippen molar-refractivity contribution < 1.29 is 31.6 Å². The fraction of sp³-hybridized carbons (Fsp3) is 0.200. The Kier molecular flexibility index (Phi) is 6.77. The van der Waals surface area contributed by atoms with Gasteiger partial charge >= 0.3 is 10.4 Å². The minimum atomic E-state index is -4.99. The second kappa shape index (κ2) is 9.77. The van der Waals surface area contributed by atoms with Crippen LogP contribution < -0.4 is 13.7 Å². The fourth-order valence-electron chi connectivity index (χ4n) is 4.27. The van der Waals surface area contributed by atoms with Crippen molar-refractivity contribution in [2.75, 3.05) is 13.2 Å². The topological polar surface area (TPSA) is 125 Å². The van der Waals surface area contributed by atoms with Crippen LogP contribution in [0.4, 0.5) is 0 Å². The highest BCUT2D eigenvalue weighted by molar-refractivity contribution is 7.81. The smallest absolute Gasteiger partial charge is 0.446 e. The number of hydrogen-bond donors (Lipinski definition) is 1. The van der Waals surface area contributed by atoms with Crippen molar-refractivity contribution in [2.24, 2.45) is 0 Å². The number of rotatable bonds is 9. The molecule has 1 unspecified atom stereocenters. The number of fused-ring (bicyclic) bond motifs is 2. The quantitative estimate of drug-likeness (QED) is 0.142. The van der Waals surface area contributed by atoms with Gasteiger partial charge in [0.25, 0.3) is 6.04 Å². The third-order valence-electron chi connectivity index (χ3n) is 5.47. The van der Waals surface area contributed by atoms with Crippen molar-refractivity contribution in [1.82, 2.24) is 0 Å². The zero-order valence-corrected chi connectivity index (χ0v) is 19.8. The van der Waals surface area contributed by atoms with E-state index in [2.05, 4.69) is 0 Å². The van der Waals surface area contributed by atoms with E-state index < -0.39 is 21.4 Å². The predicted molar refractivity (Wildman–Crippen MR) is 131 cm³/mol. The third kappa shape index (κ3) is 4.71. The van der Waals surface area contributed by atoms with E-state index >= 15 is 0 Å². The molecule has 10 heteroatoms. The van der Waals surface area contributed by atoms with Crippen LogP contribution in [0.1, 0.15) is 31.0 Å². The molecule has 0 saturated heterocycles. The molecule has 0 spiro atoms. The first-order chi connectivity index (χ1) is 16.8. The lowest BCUT2D eigenvalue weighted by atomic mass is 9.90. The molecule has 4 rings (SSSR count). The van der Waals surface area contributed by atoms with Gasteiger partial charge in [-0.25, -0.2) is 0 Å². The summed E-state index contributed by atoms with van der Waals surface area (Å²) in [6.45, 7) is 4.16. The molecule has 0 amide bonds. The summed E-state index contributed by atoms with van der Waals surface area (Å²) in [6.07, 6.45) is 0. The molecule has 0 radical (unpaired) electrons. The number of ether oxygens (including phenoxy) is 2. The summed E-state index contributed by atoms with van der Waals surface area (Å²) >= 11 is 0. The van der Waals surface area contributed by atoms with Crippen molar-refractivity contribution in [3.8, 4) is 17.2 Å². The summed E-state index contributed by atoms with van der Waals surface area (Å²) < 4.78 is 49.8. The van der Waals surface area contributed by atoms with Crippen LogP contribution in [-0.2, 0) is 10.4 Å². The second-order valence-electron chi connectivity index (χ2n) is 7.58. The van der Waals surface area contributed by atoms with Crippen LogP contribution in [0.5, 0.6) is 17.2 Å². The molecule has 35 heavy (non-hydrogen) atoms. The first kappa shape index (κ1) is 24.2. The molecule has 4 aromatic rings. The van der Waals surface area contributed by atoms with Crippen LogP contribution in [-0.4, -0.2) is 31.1 Å². The summed E-state index contributed by atoms with van der Waals surface area (Å²) in [6, 6.07) is 16.7. The molecule has 0 aliphatic heterocycles. The van der Waals surface area contributed by atoms with Crippen LogP contribution >= 0.6 is 0 Å². The molecular weight excluding hydrogens is 474 g/mol. The Labute approximate surface area is 202 Å². The lowest BCUT2D eigenvalue weighted by Crippen LogP contribution is -2.17. The van der Waals surface area contributed by atoms with Gasteiger partial charge < -0.3 is 13.7 Å². The van der Waals surface area contributed by atoms with Gasteiger partial charge in [0.2, 0.25) is 0 Å². The standard InChI is InChI=1S/C25H23NO8S/c1-3-32-24-17-12-8-9-13-18(17)25(33-4-2)21-19(24)14-15-20(34-35(29,30)31)22(21)23(26(27)28)16-10-6-5-7-11-16/h5-15,23H,3-4H2,1-2H3,(H,29,30,31). The van der Waals surface area contributed by atoms with Crippen LogP contribution in [0.2, 0.25) is 0 Å². The zero-order valence-electron chi connectivity index (χ0n) is 19.0. The summed E-state index contributed by atoms with van der Waals surface area (Å²) in [7, 11) is -4.99. The molecule has 0 bridgehead atoms. The molecular formula is C25H23NO8S. The van der Waals surface area contributed by atoms with E-state index in [0.29, 0.717) is 34.4 Å². The zero-order chi connectivity index (χ0) is 25.2. The van der Waals surface area contributed by atoms with Gasteiger partial charge in [-0.15, -0.1) is 0 Å². The first-order valence-electron chi connectivity index (χ1n) is 10.9. The van der Waals surface area contributed by atoms with Crippen molar-refractivity contribution in [3.63, 3.8) is 0 Å². The highest BCUT2D eigenvalue weighted by atomic mass is 32.3. The van der Waals surface area contributed by atoms with Gasteiger partial charge in [-0.2, -0.15) is 8.42 Å². The van der Waals surface area contributed by atoms with Gasteiger partial charge in [-0.05, 0) is 26.0 Å². The van der Waals surface area contributed by atoms with Gasteiger partial charge in [-0.3, -0.25) is 14.7 Å². The van der Waals surface area contributed by atoms with Crippen LogP contribution in [0, 0.1) is 10.1 Å². The average Bonchev–Trinajstić information content (AvgIpc) is 2.82. The normalized spacial score (nSPS) is 12.4. The van der Waals surface area contributed by atoms with E-state index in [1.54, 1.807) is 55.5 Å². The van der Waals surface area contributed by atoms with Crippen LogP contribution in [0.15, 0.2) is 66.7 Å². The number of nitro groups is 1. The van der Waals surface area contributed by atoms with Crippen molar-refractivity contribution in [3.05, 3.63) is 88.0 Å². The number of nitrogens with zero attached hydrogens (tertiary/aromatic N) is 1. The molecule has 0 fully saturated rings. The Morgan fingerprint density at radius 3 is 2.00 bits per heavy atom. The third-order valence-corrected chi connectivity index (χ3v) is 5.86. The van der Waals surface area contributed by atoms with Crippen LogP contribution in [0.25, 0.3) is 21.5 Å². The molecule has 9 nitrogen and oxygen atoms in total. The molecule has 1 atom stereocenters. The van der Waals surface area contributed by atoms with Crippen molar-refractivity contribution in [1.29, 1.82) is 0 Å². The monoisotopic (exact) mass is 497 g/mol. The molecule has 4 aromatic carbocycles. The fourth-order valence-corrected chi connectivity index (χ4v) is 4.65. The van der Waals surface area contributed by atoms with Crippen molar-refractivity contribution in [2.45, 2.75) is 19.9 Å². The first-order valence-corrected chi connectivity index (χ1v) is 12.3. The van der Waals surface area contributed by atoms with Crippen LogP contribution in [0.3, 0.4) is 0 Å². The molecule has 182 valence electrons. The number of benzene rings is 4. The van der Waals surface area contributed by atoms with E-state index in [-0.39, 0.29) is 23.3 Å². The Morgan fingerprint density at radius 1 is 0.857 bits per heavy atom. The predicted octanol–water partition coefficient (Wildman–Crippen LogP) is 5.34. The SMILES string of the molecule is CCOc1c2ccccc2c(OCC)c2c(C(c3ccccc3)[N+](=O)[O-])c(OS(=O)(=O)O)ccc12. The van der Waals surface area contributed by atoms with E-state index in [0.717, 1.165) is 5.39 Å². The molecule has 0 aliphatic rings. The molecule has 0 heterocycles. The molecule has 0 aromatic heterocycles. The lowest BCUT2D eigenvalue weighted by Gasteiger charge is -2.22. The maximum atomic E-state index is 12.5. The second-order valence-corrected chi connectivity index (χ2v) is 8.60. The van der Waals surface area contributed by atoms with Gasteiger partial charge in [0.1, 0.15) is 11.5 Å². The molecule has 1 N–H and O–H groups in total. The largest absolute Gasteiger partial charge is 0.493 e. The number of hydrogen-bond acceptors (Lipinski definition) is 7. The molecule has 0 aliphatic carbocycles. The summed E-state index contributed by atoms with van der Waals surface area (Å²) in [5, 5.41) is 14.6. The Hall–Kier alpha value is -3.89.